The molecule has 0 aromatic carbocycles. The highest BCUT2D eigenvalue weighted by Gasteiger charge is 2.25. The molecule has 2 heterocycles. The number of nitrogens with zero attached hydrogens (tertiary/aromatic N) is 1. The molecule has 0 bridgehead atoms. The molecule has 0 N–H and O–H groups in total. The fourth-order valence-electron chi connectivity index (χ4n) is 2.38. The molecule has 1 aromatic heterocycles. The standard InChI is InChI=1S/C15H23NO3S/c1-3-18-9-10-19-13-4-7-16(8-5-13)15(17)14-12(2)6-11-20-14/h6,11,13H,3-5,7-10H2,1-2H3. The number of piperidine rings is 1. The van der Waals surface area contributed by atoms with Crippen LogP contribution >= 0.6 is 11.3 Å². The van der Waals surface area contributed by atoms with Crippen molar-refractivity contribution in [1.82, 2.24) is 4.90 Å². The fraction of sp³-hybridized carbons (Fsp3) is 0.667. The topological polar surface area (TPSA) is 38.8 Å². The zero-order chi connectivity index (χ0) is 14.4. The quantitative estimate of drug-likeness (QED) is 0.758. The minimum Gasteiger partial charge on any atom is -0.379 e. The zero-order valence-electron chi connectivity index (χ0n) is 12.3. The van der Waals surface area contributed by atoms with Crippen molar-refractivity contribution in [3.05, 3.63) is 21.9 Å². The van der Waals surface area contributed by atoms with Gasteiger partial charge in [0.15, 0.2) is 0 Å². The van der Waals surface area contributed by atoms with E-state index < -0.39 is 0 Å². The maximum atomic E-state index is 12.4. The highest BCUT2D eigenvalue weighted by Crippen LogP contribution is 2.21. The van der Waals surface area contributed by atoms with E-state index in [1.165, 1.54) is 11.3 Å². The molecule has 0 aliphatic carbocycles. The summed E-state index contributed by atoms with van der Waals surface area (Å²) in [4.78, 5) is 15.2. The SMILES string of the molecule is CCOCCOC1CCN(C(=O)c2sccc2C)CC1. The number of hydrogen-bond acceptors (Lipinski definition) is 4. The van der Waals surface area contributed by atoms with E-state index in [1.807, 2.05) is 30.2 Å². The molecule has 5 heteroatoms. The number of thiophene rings is 1. The summed E-state index contributed by atoms with van der Waals surface area (Å²) in [5.41, 5.74) is 1.08. The van der Waals surface area contributed by atoms with Gasteiger partial charge in [-0.1, -0.05) is 0 Å². The third-order valence-electron chi connectivity index (χ3n) is 3.57. The number of ether oxygens (including phenoxy) is 2. The number of amides is 1. The molecule has 1 amide bonds. The Morgan fingerprint density at radius 1 is 1.40 bits per heavy atom. The van der Waals surface area contributed by atoms with Gasteiger partial charge in [-0.2, -0.15) is 0 Å². The summed E-state index contributed by atoms with van der Waals surface area (Å²) < 4.78 is 11.0. The molecule has 1 aliphatic heterocycles. The van der Waals surface area contributed by atoms with Crippen molar-refractivity contribution >= 4 is 17.2 Å². The van der Waals surface area contributed by atoms with Crippen molar-refractivity contribution in [2.75, 3.05) is 32.9 Å². The molecule has 20 heavy (non-hydrogen) atoms. The van der Waals surface area contributed by atoms with Crippen LogP contribution in [0.5, 0.6) is 0 Å². The van der Waals surface area contributed by atoms with E-state index in [0.29, 0.717) is 13.2 Å². The highest BCUT2D eigenvalue weighted by molar-refractivity contribution is 7.12. The molecular formula is C15H23NO3S. The summed E-state index contributed by atoms with van der Waals surface area (Å²) in [5, 5.41) is 1.98. The molecule has 0 atom stereocenters. The second-order valence-electron chi connectivity index (χ2n) is 4.99. The highest BCUT2D eigenvalue weighted by atomic mass is 32.1. The summed E-state index contributed by atoms with van der Waals surface area (Å²) >= 11 is 1.53. The first-order valence-corrected chi connectivity index (χ1v) is 8.13. The van der Waals surface area contributed by atoms with Crippen LogP contribution in [0.25, 0.3) is 0 Å². The predicted molar refractivity (Wildman–Crippen MR) is 80.4 cm³/mol. The average Bonchev–Trinajstić information content (AvgIpc) is 2.90. The van der Waals surface area contributed by atoms with E-state index in [0.717, 1.165) is 43.0 Å². The van der Waals surface area contributed by atoms with Crippen LogP contribution in [0.15, 0.2) is 11.4 Å². The van der Waals surface area contributed by atoms with Crippen LogP contribution in [0.3, 0.4) is 0 Å². The van der Waals surface area contributed by atoms with Crippen molar-refractivity contribution in [2.24, 2.45) is 0 Å². The third kappa shape index (κ3) is 4.04. The Kier molecular flexibility index (Phi) is 6.01. The van der Waals surface area contributed by atoms with Gasteiger partial charge in [0, 0.05) is 19.7 Å². The van der Waals surface area contributed by atoms with Gasteiger partial charge in [0.25, 0.3) is 5.91 Å². The average molecular weight is 297 g/mol. The van der Waals surface area contributed by atoms with E-state index in [2.05, 4.69) is 0 Å². The summed E-state index contributed by atoms with van der Waals surface area (Å²) in [5.74, 6) is 0.172. The van der Waals surface area contributed by atoms with Gasteiger partial charge in [0.1, 0.15) is 0 Å². The number of carbonyl (C=O) groups is 1. The number of aryl methyl sites for hydroxylation is 1. The smallest absolute Gasteiger partial charge is 0.264 e. The van der Waals surface area contributed by atoms with Crippen molar-refractivity contribution in [2.45, 2.75) is 32.8 Å². The number of hydrogen-bond donors (Lipinski definition) is 0. The lowest BCUT2D eigenvalue weighted by Gasteiger charge is -2.31. The van der Waals surface area contributed by atoms with Gasteiger partial charge in [-0.15, -0.1) is 11.3 Å². The molecule has 1 aliphatic rings. The minimum absolute atomic E-state index is 0.172. The molecule has 112 valence electrons. The van der Waals surface area contributed by atoms with Crippen molar-refractivity contribution < 1.29 is 14.3 Å². The molecule has 1 fully saturated rings. The van der Waals surface area contributed by atoms with E-state index in [-0.39, 0.29) is 12.0 Å². The largest absolute Gasteiger partial charge is 0.379 e. The van der Waals surface area contributed by atoms with E-state index in [1.54, 1.807) is 0 Å². The number of rotatable bonds is 6. The van der Waals surface area contributed by atoms with Crippen LogP contribution in [0.2, 0.25) is 0 Å². The van der Waals surface area contributed by atoms with Gasteiger partial charge in [0.05, 0.1) is 24.2 Å². The van der Waals surface area contributed by atoms with Crippen molar-refractivity contribution in [3.63, 3.8) is 0 Å². The Balaban J connectivity index is 1.74. The van der Waals surface area contributed by atoms with Crippen LogP contribution in [-0.2, 0) is 9.47 Å². The van der Waals surface area contributed by atoms with Gasteiger partial charge in [-0.25, -0.2) is 0 Å². The van der Waals surface area contributed by atoms with E-state index >= 15 is 0 Å². The molecule has 1 saturated heterocycles. The van der Waals surface area contributed by atoms with Crippen LogP contribution in [-0.4, -0.2) is 49.8 Å². The second-order valence-corrected chi connectivity index (χ2v) is 5.91. The van der Waals surface area contributed by atoms with Crippen LogP contribution < -0.4 is 0 Å². The van der Waals surface area contributed by atoms with Crippen LogP contribution in [0.1, 0.15) is 35.0 Å². The molecule has 4 nitrogen and oxygen atoms in total. The molecule has 1 aromatic rings. The number of carbonyl (C=O) groups excluding carboxylic acids is 1. The summed E-state index contributed by atoms with van der Waals surface area (Å²) in [6, 6.07) is 2.00. The normalized spacial score (nSPS) is 16.6. The van der Waals surface area contributed by atoms with Crippen molar-refractivity contribution in [3.8, 4) is 0 Å². The van der Waals surface area contributed by atoms with E-state index in [4.69, 9.17) is 9.47 Å². The Bertz CT molecular complexity index is 425. The lowest BCUT2D eigenvalue weighted by Crippen LogP contribution is -2.41. The first-order chi connectivity index (χ1) is 9.72. The Morgan fingerprint density at radius 3 is 2.75 bits per heavy atom. The predicted octanol–water partition coefficient (Wildman–Crippen LogP) is 2.71. The van der Waals surface area contributed by atoms with E-state index in [9.17, 15) is 4.79 Å². The molecular weight excluding hydrogens is 274 g/mol. The van der Waals surface area contributed by atoms with Gasteiger partial charge in [0.2, 0.25) is 0 Å². The van der Waals surface area contributed by atoms with Crippen molar-refractivity contribution in [1.29, 1.82) is 0 Å². The number of likely N-dealkylation sites (tertiary alicyclic amines) is 1. The van der Waals surface area contributed by atoms with Gasteiger partial charge in [-0.05, 0) is 43.7 Å². The maximum absolute atomic E-state index is 12.4. The second kappa shape index (κ2) is 7.76. The third-order valence-corrected chi connectivity index (χ3v) is 4.58. The van der Waals surface area contributed by atoms with Gasteiger partial charge >= 0.3 is 0 Å². The first kappa shape index (κ1) is 15.5. The molecule has 0 radical (unpaired) electrons. The Morgan fingerprint density at radius 2 is 2.15 bits per heavy atom. The summed E-state index contributed by atoms with van der Waals surface area (Å²) in [7, 11) is 0. The summed E-state index contributed by atoms with van der Waals surface area (Å²) in [6.45, 7) is 7.59. The minimum atomic E-state index is 0.172. The van der Waals surface area contributed by atoms with Gasteiger partial charge in [-0.3, -0.25) is 4.79 Å². The Hall–Kier alpha value is -0.910. The van der Waals surface area contributed by atoms with Gasteiger partial charge < -0.3 is 14.4 Å². The first-order valence-electron chi connectivity index (χ1n) is 7.25. The molecule has 0 spiro atoms. The molecule has 2 rings (SSSR count). The molecule has 0 unspecified atom stereocenters. The fourth-order valence-corrected chi connectivity index (χ4v) is 3.27. The van der Waals surface area contributed by atoms with Crippen LogP contribution in [0.4, 0.5) is 0 Å². The lowest BCUT2D eigenvalue weighted by atomic mass is 10.1. The summed E-state index contributed by atoms with van der Waals surface area (Å²) in [6.07, 6.45) is 2.11. The zero-order valence-corrected chi connectivity index (χ0v) is 13.1. The lowest BCUT2D eigenvalue weighted by molar-refractivity contribution is -0.0182. The maximum Gasteiger partial charge on any atom is 0.264 e. The molecule has 0 saturated carbocycles. The van der Waals surface area contributed by atoms with Crippen LogP contribution in [0, 0.1) is 6.92 Å². The monoisotopic (exact) mass is 297 g/mol. The Labute approximate surface area is 124 Å².